The van der Waals surface area contributed by atoms with Gasteiger partial charge < -0.3 is 4.74 Å². The second-order valence-corrected chi connectivity index (χ2v) is 6.21. The Morgan fingerprint density at radius 1 is 1.16 bits per heavy atom. The number of benzene rings is 2. The van der Waals surface area contributed by atoms with Crippen LogP contribution in [0.4, 0.5) is 9.52 Å². The molecule has 1 amide bonds. The Morgan fingerprint density at radius 3 is 2.56 bits per heavy atom. The molecule has 5 nitrogen and oxygen atoms in total. The fourth-order valence-electron chi connectivity index (χ4n) is 2.16. The lowest BCUT2D eigenvalue weighted by atomic mass is 10.2. The number of amides is 1. The van der Waals surface area contributed by atoms with Crippen molar-refractivity contribution in [2.75, 3.05) is 5.32 Å². The highest BCUT2D eigenvalue weighted by Crippen LogP contribution is 2.26. The lowest BCUT2D eigenvalue weighted by molar-refractivity contribution is -0.122. The smallest absolute Gasteiger partial charge is 0.267 e. The van der Waals surface area contributed by atoms with Gasteiger partial charge in [-0.25, -0.2) is 4.39 Å². The molecule has 0 radical (unpaired) electrons. The molecule has 0 spiro atoms. The molecular formula is C18H16FN3O2S. The summed E-state index contributed by atoms with van der Waals surface area (Å²) in [7, 11) is 0. The second-order valence-electron chi connectivity index (χ2n) is 5.24. The Kier molecular flexibility index (Phi) is 5.35. The Bertz CT molecular complexity index is 837. The summed E-state index contributed by atoms with van der Waals surface area (Å²) in [6.07, 6.45) is -0.234. The molecule has 0 aliphatic rings. The third-order valence-corrected chi connectivity index (χ3v) is 4.32. The minimum absolute atomic E-state index is 0.317. The summed E-state index contributed by atoms with van der Waals surface area (Å²) in [5, 5.41) is 11.9. The van der Waals surface area contributed by atoms with Gasteiger partial charge in [0.25, 0.3) is 5.91 Å². The molecule has 0 fully saturated rings. The van der Waals surface area contributed by atoms with E-state index in [1.807, 2.05) is 37.3 Å². The summed E-state index contributed by atoms with van der Waals surface area (Å²) in [5.41, 5.74) is 0.940. The first-order valence-corrected chi connectivity index (χ1v) is 8.59. The van der Waals surface area contributed by atoms with E-state index >= 15 is 0 Å². The van der Waals surface area contributed by atoms with Gasteiger partial charge in [0.05, 0.1) is 0 Å². The Labute approximate surface area is 148 Å². The average Bonchev–Trinajstić information content (AvgIpc) is 3.10. The van der Waals surface area contributed by atoms with Gasteiger partial charge in [-0.2, -0.15) is 0 Å². The molecule has 2 aromatic carbocycles. The van der Waals surface area contributed by atoms with E-state index in [0.29, 0.717) is 17.3 Å². The number of anilines is 1. The van der Waals surface area contributed by atoms with E-state index in [-0.39, 0.29) is 11.7 Å². The highest BCUT2D eigenvalue weighted by molar-refractivity contribution is 7.18. The molecule has 0 saturated heterocycles. The molecule has 0 aliphatic heterocycles. The minimum Gasteiger partial charge on any atom is -0.481 e. The number of rotatable bonds is 6. The zero-order chi connectivity index (χ0) is 17.6. The van der Waals surface area contributed by atoms with Crippen molar-refractivity contribution in [2.45, 2.75) is 19.4 Å². The van der Waals surface area contributed by atoms with Crippen molar-refractivity contribution in [3.63, 3.8) is 0 Å². The summed E-state index contributed by atoms with van der Waals surface area (Å²) in [5.74, 6) is -0.236. The summed E-state index contributed by atoms with van der Waals surface area (Å²) in [4.78, 5) is 12.4. The fraction of sp³-hybridized carbons (Fsp3) is 0.167. The van der Waals surface area contributed by atoms with E-state index in [1.54, 1.807) is 0 Å². The molecule has 0 unspecified atom stereocenters. The van der Waals surface area contributed by atoms with Crippen LogP contribution in [0.25, 0.3) is 10.6 Å². The van der Waals surface area contributed by atoms with E-state index in [9.17, 15) is 9.18 Å². The predicted octanol–water partition coefficient (Wildman–Crippen LogP) is 4.14. The lowest BCUT2D eigenvalue weighted by Crippen LogP contribution is -2.32. The summed E-state index contributed by atoms with van der Waals surface area (Å²) in [6.45, 7) is 1.84. The van der Waals surface area contributed by atoms with Gasteiger partial charge in [0.15, 0.2) is 6.10 Å². The largest absolute Gasteiger partial charge is 0.481 e. The van der Waals surface area contributed by atoms with Crippen LogP contribution in [0.3, 0.4) is 0 Å². The lowest BCUT2D eigenvalue weighted by Gasteiger charge is -2.16. The van der Waals surface area contributed by atoms with Crippen molar-refractivity contribution in [3.05, 3.63) is 60.4 Å². The van der Waals surface area contributed by atoms with Crippen LogP contribution in [0.5, 0.6) is 5.75 Å². The third kappa shape index (κ3) is 4.39. The van der Waals surface area contributed by atoms with Crippen LogP contribution in [0, 0.1) is 5.82 Å². The van der Waals surface area contributed by atoms with Crippen molar-refractivity contribution in [2.24, 2.45) is 0 Å². The van der Waals surface area contributed by atoms with Crippen LogP contribution < -0.4 is 10.1 Å². The average molecular weight is 357 g/mol. The van der Waals surface area contributed by atoms with Gasteiger partial charge in [0.2, 0.25) is 5.13 Å². The molecule has 1 heterocycles. The molecule has 128 valence electrons. The van der Waals surface area contributed by atoms with Crippen LogP contribution in [0.15, 0.2) is 54.6 Å². The highest BCUT2D eigenvalue weighted by Gasteiger charge is 2.20. The van der Waals surface area contributed by atoms with Crippen LogP contribution in [-0.2, 0) is 4.79 Å². The van der Waals surface area contributed by atoms with Crippen LogP contribution in [0.2, 0.25) is 0 Å². The molecule has 3 aromatic rings. The van der Waals surface area contributed by atoms with Gasteiger partial charge >= 0.3 is 0 Å². The zero-order valence-electron chi connectivity index (χ0n) is 13.5. The van der Waals surface area contributed by atoms with Crippen LogP contribution >= 0.6 is 11.3 Å². The van der Waals surface area contributed by atoms with Gasteiger partial charge in [-0.1, -0.05) is 48.6 Å². The van der Waals surface area contributed by atoms with E-state index in [4.69, 9.17) is 4.74 Å². The highest BCUT2D eigenvalue weighted by atomic mass is 32.1. The quantitative estimate of drug-likeness (QED) is 0.720. The number of halogens is 1. The fourth-order valence-corrected chi connectivity index (χ4v) is 2.91. The third-order valence-electron chi connectivity index (χ3n) is 3.43. The van der Waals surface area contributed by atoms with Gasteiger partial charge in [-0.3, -0.25) is 10.1 Å². The number of hydrogen-bond donors (Lipinski definition) is 1. The van der Waals surface area contributed by atoms with Gasteiger partial charge in [-0.15, -0.1) is 10.2 Å². The van der Waals surface area contributed by atoms with Gasteiger partial charge in [0, 0.05) is 5.56 Å². The number of carbonyl (C=O) groups excluding carboxylic acids is 1. The maximum Gasteiger partial charge on any atom is 0.267 e. The normalized spacial score (nSPS) is 11.8. The van der Waals surface area contributed by atoms with Gasteiger partial charge in [-0.05, 0) is 30.7 Å². The monoisotopic (exact) mass is 357 g/mol. The molecule has 0 saturated carbocycles. The Morgan fingerprint density at radius 2 is 1.88 bits per heavy atom. The number of nitrogens with one attached hydrogen (secondary N) is 1. The number of nitrogens with zero attached hydrogens (tertiary/aromatic N) is 2. The Hall–Kier alpha value is -2.80. The number of aromatic nitrogens is 2. The molecule has 3 rings (SSSR count). The van der Waals surface area contributed by atoms with Crippen molar-refractivity contribution in [1.29, 1.82) is 0 Å². The molecule has 25 heavy (non-hydrogen) atoms. The van der Waals surface area contributed by atoms with Crippen LogP contribution in [-0.4, -0.2) is 22.2 Å². The molecule has 1 N–H and O–H groups in total. The van der Waals surface area contributed by atoms with Crippen molar-refractivity contribution in [1.82, 2.24) is 10.2 Å². The molecule has 1 atom stereocenters. The first-order valence-electron chi connectivity index (χ1n) is 7.77. The standard InChI is InChI=1S/C18H16FN3O2S/c1-2-15(24-14-10-8-13(19)9-11-14)16(23)20-18-22-21-17(25-18)12-6-4-3-5-7-12/h3-11,15H,2H2,1H3,(H,20,22,23)/t15-/m1/s1. The number of carbonyl (C=O) groups is 1. The molecular weight excluding hydrogens is 341 g/mol. The van der Waals surface area contributed by atoms with E-state index in [1.165, 1.54) is 35.6 Å². The summed E-state index contributed by atoms with van der Waals surface area (Å²) in [6, 6.07) is 15.2. The van der Waals surface area contributed by atoms with E-state index in [2.05, 4.69) is 15.5 Å². The van der Waals surface area contributed by atoms with Crippen LogP contribution in [0.1, 0.15) is 13.3 Å². The zero-order valence-corrected chi connectivity index (χ0v) is 14.3. The molecule has 0 aliphatic carbocycles. The first kappa shape index (κ1) is 17.0. The van der Waals surface area contributed by atoms with E-state index < -0.39 is 6.10 Å². The second kappa shape index (κ2) is 7.85. The molecule has 0 bridgehead atoms. The predicted molar refractivity (Wildman–Crippen MR) is 95.1 cm³/mol. The number of ether oxygens (including phenoxy) is 1. The summed E-state index contributed by atoms with van der Waals surface area (Å²) < 4.78 is 18.6. The van der Waals surface area contributed by atoms with Crippen molar-refractivity contribution < 1.29 is 13.9 Å². The Balaban J connectivity index is 1.66. The maximum atomic E-state index is 12.9. The van der Waals surface area contributed by atoms with Crippen molar-refractivity contribution in [3.8, 4) is 16.3 Å². The number of hydrogen-bond acceptors (Lipinski definition) is 5. The van der Waals surface area contributed by atoms with Crippen molar-refractivity contribution >= 4 is 22.4 Å². The van der Waals surface area contributed by atoms with E-state index in [0.717, 1.165) is 10.6 Å². The first-order chi connectivity index (χ1) is 12.2. The maximum absolute atomic E-state index is 12.9. The SMILES string of the molecule is CC[C@@H](Oc1ccc(F)cc1)C(=O)Nc1nnc(-c2ccccc2)s1. The minimum atomic E-state index is -0.700. The topological polar surface area (TPSA) is 64.1 Å². The molecule has 7 heteroatoms. The summed E-state index contributed by atoms with van der Waals surface area (Å²) >= 11 is 1.29. The molecule has 1 aromatic heterocycles. The van der Waals surface area contributed by atoms with Gasteiger partial charge in [0.1, 0.15) is 16.6 Å².